The van der Waals surface area contributed by atoms with E-state index in [0.717, 1.165) is 57.9 Å². The summed E-state index contributed by atoms with van der Waals surface area (Å²) in [6, 6.07) is 7.62. The molecule has 0 spiro atoms. The van der Waals surface area contributed by atoms with Gasteiger partial charge in [0, 0.05) is 15.3 Å². The molecule has 8 nitrogen and oxygen atoms in total. The van der Waals surface area contributed by atoms with Crippen molar-refractivity contribution >= 4 is 49.8 Å². The van der Waals surface area contributed by atoms with Gasteiger partial charge in [-0.05, 0) is 69.7 Å². The van der Waals surface area contributed by atoms with Crippen LogP contribution >= 0.6 is 22.7 Å². The highest BCUT2D eigenvalue weighted by Crippen LogP contribution is 2.39. The molecule has 4 aromatic rings. The summed E-state index contributed by atoms with van der Waals surface area (Å²) in [6.45, 7) is 6.27. The Kier molecular flexibility index (Phi) is 7.62. The smallest absolute Gasteiger partial charge is 0.341 e. The summed E-state index contributed by atoms with van der Waals surface area (Å²) >= 11 is 2.88. The molecule has 38 heavy (non-hydrogen) atoms. The van der Waals surface area contributed by atoms with Crippen molar-refractivity contribution in [1.29, 1.82) is 0 Å². The van der Waals surface area contributed by atoms with Gasteiger partial charge in [0.25, 0.3) is 5.56 Å². The predicted molar refractivity (Wildman–Crippen MR) is 151 cm³/mol. The van der Waals surface area contributed by atoms with Gasteiger partial charge in [-0.1, -0.05) is 12.1 Å². The minimum atomic E-state index is -0.420. The Morgan fingerprint density at radius 1 is 1.08 bits per heavy atom. The summed E-state index contributed by atoms with van der Waals surface area (Å²) in [7, 11) is 0. The highest BCUT2D eigenvalue weighted by Gasteiger charge is 2.27. The molecule has 3 heterocycles. The minimum absolute atomic E-state index is 0.218. The molecule has 0 fully saturated rings. The van der Waals surface area contributed by atoms with Crippen molar-refractivity contribution in [2.45, 2.75) is 53.0 Å². The van der Waals surface area contributed by atoms with Crippen LogP contribution in [0.1, 0.15) is 52.4 Å². The van der Waals surface area contributed by atoms with Crippen LogP contribution in [0.2, 0.25) is 0 Å². The molecule has 0 saturated carbocycles. The minimum Gasteiger partial charge on any atom is -0.494 e. The summed E-state index contributed by atoms with van der Waals surface area (Å²) in [6.07, 6.45) is 5.14. The normalized spacial score (nSPS) is 12.8. The first-order valence-corrected chi connectivity index (χ1v) is 14.4. The van der Waals surface area contributed by atoms with E-state index in [1.165, 1.54) is 33.6 Å². The maximum atomic E-state index is 13.6. The fourth-order valence-corrected chi connectivity index (χ4v) is 7.17. The van der Waals surface area contributed by atoms with Crippen molar-refractivity contribution < 1.29 is 19.1 Å². The van der Waals surface area contributed by atoms with Crippen LogP contribution in [-0.4, -0.2) is 34.6 Å². The highest BCUT2D eigenvalue weighted by atomic mass is 32.1. The van der Waals surface area contributed by atoms with Gasteiger partial charge in [0.1, 0.15) is 22.1 Å². The molecule has 1 N–H and O–H groups in total. The zero-order valence-electron chi connectivity index (χ0n) is 21.6. The van der Waals surface area contributed by atoms with Crippen molar-refractivity contribution in [2.75, 3.05) is 18.5 Å². The summed E-state index contributed by atoms with van der Waals surface area (Å²) in [5.74, 6) is -0.0544. The maximum Gasteiger partial charge on any atom is 0.341 e. The number of rotatable bonds is 8. The maximum absolute atomic E-state index is 13.6. The number of aryl methyl sites for hydroxylation is 2. The SMILES string of the molecule is CCOC(=O)c1c(NC(=O)Cn2cnc3sc(C)c(-c4ccc(OCC)cc4)c3c2=O)sc2c1CCCC2. The number of hydrogen-bond acceptors (Lipinski definition) is 8. The molecule has 10 heteroatoms. The van der Waals surface area contributed by atoms with Crippen LogP contribution in [0, 0.1) is 6.92 Å². The Morgan fingerprint density at radius 3 is 2.58 bits per heavy atom. The zero-order chi connectivity index (χ0) is 26.8. The number of hydrogen-bond donors (Lipinski definition) is 1. The van der Waals surface area contributed by atoms with E-state index in [4.69, 9.17) is 9.47 Å². The second kappa shape index (κ2) is 11.1. The molecule has 0 unspecified atom stereocenters. The first-order chi connectivity index (χ1) is 18.4. The van der Waals surface area contributed by atoms with E-state index in [0.29, 0.717) is 27.4 Å². The number of anilines is 1. The molecule has 1 aliphatic rings. The quantitative estimate of drug-likeness (QED) is 0.287. The monoisotopic (exact) mass is 551 g/mol. The molecular formula is C28H29N3O5S2. The number of carbonyl (C=O) groups excluding carboxylic acids is 2. The van der Waals surface area contributed by atoms with E-state index in [1.54, 1.807) is 6.92 Å². The zero-order valence-corrected chi connectivity index (χ0v) is 23.2. The number of thiophene rings is 2. The largest absolute Gasteiger partial charge is 0.494 e. The molecule has 1 aliphatic carbocycles. The molecule has 0 aliphatic heterocycles. The van der Waals surface area contributed by atoms with Crippen molar-refractivity contribution in [3.8, 4) is 16.9 Å². The number of ether oxygens (including phenoxy) is 2. The molecular weight excluding hydrogens is 522 g/mol. The number of amides is 1. The van der Waals surface area contributed by atoms with E-state index in [9.17, 15) is 14.4 Å². The number of aromatic nitrogens is 2. The van der Waals surface area contributed by atoms with Crippen LogP contribution < -0.4 is 15.6 Å². The number of esters is 1. The standard InChI is InChI=1S/C28H29N3O5S2/c1-4-35-18-12-10-17(11-13-18)22-16(3)37-25-24(22)27(33)31(15-29-25)14-21(32)30-26-23(28(34)36-5-2)19-8-6-7-9-20(19)38-26/h10-13,15H,4-9,14H2,1-3H3,(H,30,32). The third-order valence-electron chi connectivity index (χ3n) is 6.53. The number of nitrogens with one attached hydrogen (secondary N) is 1. The van der Waals surface area contributed by atoms with Gasteiger partial charge in [0.2, 0.25) is 5.91 Å². The van der Waals surface area contributed by atoms with Crippen LogP contribution in [0.25, 0.3) is 21.3 Å². The van der Waals surface area contributed by atoms with Crippen LogP contribution in [0.4, 0.5) is 5.00 Å². The first-order valence-electron chi connectivity index (χ1n) is 12.7. The number of nitrogens with zero attached hydrogens (tertiary/aromatic N) is 2. The molecule has 1 aromatic carbocycles. The highest BCUT2D eigenvalue weighted by molar-refractivity contribution is 7.19. The lowest BCUT2D eigenvalue weighted by Crippen LogP contribution is -2.28. The number of benzene rings is 1. The lowest BCUT2D eigenvalue weighted by molar-refractivity contribution is -0.116. The van der Waals surface area contributed by atoms with Crippen LogP contribution in [-0.2, 0) is 28.9 Å². The van der Waals surface area contributed by atoms with Crippen molar-refractivity contribution in [2.24, 2.45) is 0 Å². The molecule has 1 amide bonds. The average Bonchev–Trinajstić information content (AvgIpc) is 3.43. The van der Waals surface area contributed by atoms with Gasteiger partial charge in [-0.25, -0.2) is 9.78 Å². The third kappa shape index (κ3) is 4.98. The second-order valence-electron chi connectivity index (χ2n) is 9.03. The third-order valence-corrected chi connectivity index (χ3v) is 8.75. The number of fused-ring (bicyclic) bond motifs is 2. The average molecular weight is 552 g/mol. The molecule has 0 bridgehead atoms. The van der Waals surface area contributed by atoms with E-state index < -0.39 is 11.9 Å². The topological polar surface area (TPSA) is 99.5 Å². The van der Waals surface area contributed by atoms with Crippen LogP contribution in [0.3, 0.4) is 0 Å². The Bertz CT molecular complexity index is 1570. The molecule has 5 rings (SSSR count). The summed E-state index contributed by atoms with van der Waals surface area (Å²) in [5, 5.41) is 3.86. The lowest BCUT2D eigenvalue weighted by atomic mass is 9.95. The van der Waals surface area contributed by atoms with Crippen molar-refractivity contribution in [3.05, 3.63) is 61.8 Å². The van der Waals surface area contributed by atoms with Crippen LogP contribution in [0.15, 0.2) is 35.4 Å². The molecule has 3 aromatic heterocycles. The molecule has 0 atom stereocenters. The summed E-state index contributed by atoms with van der Waals surface area (Å²) in [4.78, 5) is 46.6. The van der Waals surface area contributed by atoms with Gasteiger partial charge in [0.05, 0.1) is 30.5 Å². The second-order valence-corrected chi connectivity index (χ2v) is 11.3. The van der Waals surface area contributed by atoms with Gasteiger partial charge in [-0.15, -0.1) is 22.7 Å². The first kappa shape index (κ1) is 26.1. The van der Waals surface area contributed by atoms with Gasteiger partial charge in [-0.2, -0.15) is 0 Å². The van der Waals surface area contributed by atoms with Gasteiger partial charge >= 0.3 is 5.97 Å². The summed E-state index contributed by atoms with van der Waals surface area (Å²) < 4.78 is 12.1. The van der Waals surface area contributed by atoms with E-state index in [2.05, 4.69) is 10.3 Å². The predicted octanol–water partition coefficient (Wildman–Crippen LogP) is 5.59. The molecule has 0 radical (unpaired) electrons. The van der Waals surface area contributed by atoms with E-state index >= 15 is 0 Å². The Morgan fingerprint density at radius 2 is 1.84 bits per heavy atom. The fraction of sp³-hybridized carbons (Fsp3) is 0.357. The molecule has 198 valence electrons. The molecule has 0 saturated heterocycles. The Balaban J connectivity index is 1.45. The van der Waals surface area contributed by atoms with E-state index in [1.807, 2.05) is 38.1 Å². The Labute approximate surface area is 228 Å². The lowest BCUT2D eigenvalue weighted by Gasteiger charge is -2.12. The van der Waals surface area contributed by atoms with Crippen molar-refractivity contribution in [3.63, 3.8) is 0 Å². The van der Waals surface area contributed by atoms with Gasteiger partial charge in [-0.3, -0.25) is 14.2 Å². The van der Waals surface area contributed by atoms with Crippen LogP contribution in [0.5, 0.6) is 5.75 Å². The van der Waals surface area contributed by atoms with Crippen molar-refractivity contribution in [1.82, 2.24) is 9.55 Å². The number of carbonyl (C=O) groups is 2. The fourth-order valence-electron chi connectivity index (χ4n) is 4.88. The summed E-state index contributed by atoms with van der Waals surface area (Å²) in [5.41, 5.74) is 2.85. The van der Waals surface area contributed by atoms with Gasteiger partial charge < -0.3 is 14.8 Å². The Hall–Kier alpha value is -3.50. The van der Waals surface area contributed by atoms with Gasteiger partial charge in [0.15, 0.2) is 0 Å². The van der Waals surface area contributed by atoms with E-state index in [-0.39, 0.29) is 18.7 Å².